The first kappa shape index (κ1) is 15.0. The zero-order valence-electron chi connectivity index (χ0n) is 12.2. The first-order valence-corrected chi connectivity index (χ1v) is 7.02. The van der Waals surface area contributed by atoms with E-state index in [1.165, 1.54) is 0 Å². The predicted octanol–water partition coefficient (Wildman–Crippen LogP) is 1.59. The standard InChI is InChI=1S/C15H23N3O2/c1-3-18-14-7-5-4-6-13(14)17-15(18)10-12(16)11-20-9-8-19-2/h4-7,12H,3,8-11,16H2,1-2H3. The number of ether oxygens (including phenoxy) is 2. The molecule has 0 amide bonds. The van der Waals surface area contributed by atoms with Crippen molar-refractivity contribution in [2.24, 2.45) is 5.73 Å². The Kier molecular flexibility index (Phi) is 5.52. The second kappa shape index (κ2) is 7.38. The van der Waals surface area contributed by atoms with Gasteiger partial charge in [0.15, 0.2) is 0 Å². The highest BCUT2D eigenvalue weighted by Gasteiger charge is 2.12. The molecular formula is C15H23N3O2. The number of nitrogens with two attached hydrogens (primary N) is 1. The van der Waals surface area contributed by atoms with E-state index in [-0.39, 0.29) is 6.04 Å². The summed E-state index contributed by atoms with van der Waals surface area (Å²) in [5.74, 6) is 1.02. The number of nitrogens with zero attached hydrogens (tertiary/aromatic N) is 2. The summed E-state index contributed by atoms with van der Waals surface area (Å²) in [7, 11) is 1.66. The van der Waals surface area contributed by atoms with Crippen molar-refractivity contribution in [2.75, 3.05) is 26.9 Å². The molecule has 1 unspecified atom stereocenters. The first-order chi connectivity index (χ1) is 9.76. The van der Waals surface area contributed by atoms with Crippen LogP contribution in [0.2, 0.25) is 0 Å². The number of hydrogen-bond donors (Lipinski definition) is 1. The van der Waals surface area contributed by atoms with Gasteiger partial charge in [-0.05, 0) is 19.1 Å². The van der Waals surface area contributed by atoms with Crippen molar-refractivity contribution in [1.82, 2.24) is 9.55 Å². The van der Waals surface area contributed by atoms with Crippen LogP contribution in [0, 0.1) is 0 Å². The third-order valence-corrected chi connectivity index (χ3v) is 3.26. The topological polar surface area (TPSA) is 62.3 Å². The molecule has 0 fully saturated rings. The molecular weight excluding hydrogens is 254 g/mol. The van der Waals surface area contributed by atoms with Crippen LogP contribution in [0.3, 0.4) is 0 Å². The minimum absolute atomic E-state index is 0.0473. The van der Waals surface area contributed by atoms with E-state index in [1.807, 2.05) is 18.2 Å². The Morgan fingerprint density at radius 1 is 1.30 bits per heavy atom. The third kappa shape index (κ3) is 3.56. The highest BCUT2D eigenvalue weighted by molar-refractivity contribution is 5.75. The fourth-order valence-corrected chi connectivity index (χ4v) is 2.30. The van der Waals surface area contributed by atoms with Crippen molar-refractivity contribution in [1.29, 1.82) is 0 Å². The number of methoxy groups -OCH3 is 1. The Hall–Kier alpha value is -1.43. The third-order valence-electron chi connectivity index (χ3n) is 3.26. The fourth-order valence-electron chi connectivity index (χ4n) is 2.30. The van der Waals surface area contributed by atoms with Crippen LogP contribution in [0.4, 0.5) is 0 Å². The summed E-state index contributed by atoms with van der Waals surface area (Å²) in [4.78, 5) is 4.67. The van der Waals surface area contributed by atoms with Crippen molar-refractivity contribution < 1.29 is 9.47 Å². The Labute approximate surface area is 119 Å². The zero-order valence-corrected chi connectivity index (χ0v) is 12.2. The SMILES string of the molecule is CCn1c(CC(N)COCCOC)nc2ccccc21. The molecule has 1 aromatic carbocycles. The molecule has 5 nitrogen and oxygen atoms in total. The number of imidazole rings is 1. The van der Waals surface area contributed by atoms with Crippen LogP contribution in [-0.4, -0.2) is 42.5 Å². The minimum Gasteiger partial charge on any atom is -0.382 e. The average molecular weight is 277 g/mol. The maximum atomic E-state index is 6.11. The lowest BCUT2D eigenvalue weighted by molar-refractivity contribution is 0.0634. The molecule has 110 valence electrons. The van der Waals surface area contributed by atoms with Crippen LogP contribution >= 0.6 is 0 Å². The van der Waals surface area contributed by atoms with Crippen molar-refractivity contribution in [3.8, 4) is 0 Å². The Morgan fingerprint density at radius 3 is 2.85 bits per heavy atom. The van der Waals surface area contributed by atoms with Crippen LogP contribution in [0.5, 0.6) is 0 Å². The maximum Gasteiger partial charge on any atom is 0.111 e. The Balaban J connectivity index is 2.01. The quantitative estimate of drug-likeness (QED) is 0.744. The lowest BCUT2D eigenvalue weighted by Gasteiger charge is -2.13. The lowest BCUT2D eigenvalue weighted by Crippen LogP contribution is -2.30. The summed E-state index contributed by atoms with van der Waals surface area (Å²) in [6.07, 6.45) is 0.718. The number of rotatable bonds is 8. The minimum atomic E-state index is -0.0473. The molecule has 1 heterocycles. The van der Waals surface area contributed by atoms with Crippen molar-refractivity contribution in [3.05, 3.63) is 30.1 Å². The van der Waals surface area contributed by atoms with E-state index in [4.69, 9.17) is 15.2 Å². The zero-order chi connectivity index (χ0) is 14.4. The Morgan fingerprint density at radius 2 is 2.10 bits per heavy atom. The monoisotopic (exact) mass is 277 g/mol. The summed E-state index contributed by atoms with van der Waals surface area (Å²) < 4.78 is 12.6. The molecule has 0 saturated carbocycles. The van der Waals surface area contributed by atoms with Gasteiger partial charge in [-0.1, -0.05) is 12.1 Å². The Bertz CT molecular complexity index is 539. The second-order valence-corrected chi connectivity index (χ2v) is 4.79. The van der Waals surface area contributed by atoms with Gasteiger partial charge in [-0.25, -0.2) is 4.98 Å². The second-order valence-electron chi connectivity index (χ2n) is 4.79. The number of aromatic nitrogens is 2. The van der Waals surface area contributed by atoms with E-state index in [0.29, 0.717) is 19.8 Å². The van der Waals surface area contributed by atoms with E-state index < -0.39 is 0 Å². The first-order valence-electron chi connectivity index (χ1n) is 7.02. The summed E-state index contributed by atoms with van der Waals surface area (Å²) in [6.45, 7) is 4.72. The van der Waals surface area contributed by atoms with Crippen molar-refractivity contribution in [2.45, 2.75) is 25.9 Å². The van der Waals surface area contributed by atoms with E-state index in [2.05, 4.69) is 22.5 Å². The molecule has 0 aliphatic rings. The summed E-state index contributed by atoms with van der Waals surface area (Å²) in [5, 5.41) is 0. The molecule has 0 bridgehead atoms. The van der Waals surface area contributed by atoms with Gasteiger partial charge in [-0.2, -0.15) is 0 Å². The molecule has 20 heavy (non-hydrogen) atoms. The smallest absolute Gasteiger partial charge is 0.111 e. The van der Waals surface area contributed by atoms with Crippen LogP contribution in [-0.2, 0) is 22.4 Å². The number of fused-ring (bicyclic) bond motifs is 1. The van der Waals surface area contributed by atoms with E-state index in [0.717, 1.165) is 29.8 Å². The average Bonchev–Trinajstić information content (AvgIpc) is 2.80. The highest BCUT2D eigenvalue weighted by Crippen LogP contribution is 2.16. The van der Waals surface area contributed by atoms with Gasteiger partial charge in [-0.3, -0.25) is 0 Å². The molecule has 1 atom stereocenters. The number of benzene rings is 1. The summed E-state index contributed by atoms with van der Waals surface area (Å²) in [6, 6.07) is 8.12. The molecule has 5 heteroatoms. The molecule has 2 N–H and O–H groups in total. The summed E-state index contributed by atoms with van der Waals surface area (Å²) in [5.41, 5.74) is 8.30. The van der Waals surface area contributed by atoms with Crippen LogP contribution in [0.15, 0.2) is 24.3 Å². The van der Waals surface area contributed by atoms with E-state index in [9.17, 15) is 0 Å². The predicted molar refractivity (Wildman–Crippen MR) is 79.8 cm³/mol. The van der Waals surface area contributed by atoms with E-state index in [1.54, 1.807) is 7.11 Å². The fraction of sp³-hybridized carbons (Fsp3) is 0.533. The largest absolute Gasteiger partial charge is 0.382 e. The van der Waals surface area contributed by atoms with Crippen LogP contribution < -0.4 is 5.73 Å². The van der Waals surface area contributed by atoms with Gasteiger partial charge >= 0.3 is 0 Å². The van der Waals surface area contributed by atoms with Crippen molar-refractivity contribution >= 4 is 11.0 Å². The van der Waals surface area contributed by atoms with Crippen LogP contribution in [0.25, 0.3) is 11.0 Å². The molecule has 2 rings (SSSR count). The molecule has 2 aromatic rings. The van der Waals surface area contributed by atoms with Crippen molar-refractivity contribution in [3.63, 3.8) is 0 Å². The summed E-state index contributed by atoms with van der Waals surface area (Å²) >= 11 is 0. The van der Waals surface area contributed by atoms with Gasteiger partial charge in [0, 0.05) is 26.1 Å². The van der Waals surface area contributed by atoms with Gasteiger partial charge in [-0.15, -0.1) is 0 Å². The molecule has 0 aliphatic carbocycles. The van der Waals surface area contributed by atoms with E-state index >= 15 is 0 Å². The van der Waals surface area contributed by atoms with Gasteiger partial charge < -0.3 is 19.8 Å². The number of aryl methyl sites for hydroxylation is 1. The van der Waals surface area contributed by atoms with Gasteiger partial charge in [0.25, 0.3) is 0 Å². The molecule has 0 saturated heterocycles. The molecule has 1 aromatic heterocycles. The highest BCUT2D eigenvalue weighted by atomic mass is 16.5. The van der Waals surface area contributed by atoms with Gasteiger partial charge in [0.2, 0.25) is 0 Å². The van der Waals surface area contributed by atoms with Gasteiger partial charge in [0.05, 0.1) is 30.9 Å². The van der Waals surface area contributed by atoms with Gasteiger partial charge in [0.1, 0.15) is 5.82 Å². The maximum absolute atomic E-state index is 6.11. The number of hydrogen-bond acceptors (Lipinski definition) is 4. The molecule has 0 spiro atoms. The molecule has 0 radical (unpaired) electrons. The normalized spacial score (nSPS) is 12.9. The lowest BCUT2D eigenvalue weighted by atomic mass is 10.2. The molecule has 0 aliphatic heterocycles. The number of para-hydroxylation sites is 2. The van der Waals surface area contributed by atoms with Crippen LogP contribution in [0.1, 0.15) is 12.7 Å².